The predicted molar refractivity (Wildman–Crippen MR) is 86.3 cm³/mol. The molecule has 0 bridgehead atoms. The summed E-state index contributed by atoms with van der Waals surface area (Å²) >= 11 is 6.03. The highest BCUT2D eigenvalue weighted by Crippen LogP contribution is 2.32. The number of nitrogens with one attached hydrogen (secondary N) is 2. The third-order valence-corrected chi connectivity index (χ3v) is 3.73. The van der Waals surface area contributed by atoms with Crippen molar-refractivity contribution in [3.05, 3.63) is 47.0 Å². The molecule has 0 atom stereocenters. The molecule has 0 saturated heterocycles. The molecule has 2 N–H and O–H groups in total. The zero-order valence-electron chi connectivity index (χ0n) is 12.0. The minimum absolute atomic E-state index is 0.345. The minimum atomic E-state index is -0.345. The Morgan fingerprint density at radius 2 is 1.86 bits per heavy atom. The number of hydrogen-bond acceptors (Lipinski definition) is 3. The number of amides is 2. The number of carbonyl (C=O) groups excluding carboxylic acids is 1. The lowest BCUT2D eigenvalue weighted by Gasteiger charge is -2.19. The number of ether oxygens (including phenoxy) is 2. The molecule has 6 heteroatoms. The molecular weight excluding hydrogens is 304 g/mol. The van der Waals surface area contributed by atoms with Crippen molar-refractivity contribution in [2.45, 2.75) is 6.92 Å². The van der Waals surface area contributed by atoms with E-state index in [1.807, 2.05) is 6.92 Å². The summed E-state index contributed by atoms with van der Waals surface area (Å²) in [6.45, 7) is 2.89. The third-order valence-electron chi connectivity index (χ3n) is 3.32. The Kier molecular flexibility index (Phi) is 4.06. The first-order valence-electron chi connectivity index (χ1n) is 6.86. The van der Waals surface area contributed by atoms with Crippen molar-refractivity contribution < 1.29 is 14.3 Å². The number of carbonyl (C=O) groups is 1. The summed E-state index contributed by atoms with van der Waals surface area (Å²) in [5, 5.41) is 6.14. The highest BCUT2D eigenvalue weighted by atomic mass is 35.5. The Labute approximate surface area is 133 Å². The van der Waals surface area contributed by atoms with Crippen LogP contribution in [-0.2, 0) is 0 Å². The number of rotatable bonds is 2. The minimum Gasteiger partial charge on any atom is -0.486 e. The lowest BCUT2D eigenvalue weighted by molar-refractivity contribution is 0.171. The number of halogens is 1. The summed E-state index contributed by atoms with van der Waals surface area (Å²) in [5.74, 6) is 1.31. The van der Waals surface area contributed by atoms with E-state index in [2.05, 4.69) is 10.6 Å². The first kappa shape index (κ1) is 14.5. The predicted octanol–water partition coefficient (Wildman–Crippen LogP) is 4.06. The van der Waals surface area contributed by atoms with Crippen LogP contribution in [0.4, 0.5) is 16.2 Å². The molecule has 1 aliphatic heterocycles. The van der Waals surface area contributed by atoms with Crippen molar-refractivity contribution >= 4 is 29.0 Å². The molecule has 0 saturated carbocycles. The summed E-state index contributed by atoms with van der Waals surface area (Å²) in [5.41, 5.74) is 2.12. The Hall–Kier alpha value is -2.40. The van der Waals surface area contributed by atoms with Crippen LogP contribution in [0.25, 0.3) is 0 Å². The molecule has 0 radical (unpaired) electrons. The van der Waals surface area contributed by atoms with Crippen molar-refractivity contribution in [1.29, 1.82) is 0 Å². The van der Waals surface area contributed by atoms with Gasteiger partial charge in [-0.25, -0.2) is 4.79 Å². The molecule has 0 spiro atoms. The van der Waals surface area contributed by atoms with Crippen LogP contribution >= 0.6 is 11.6 Å². The number of benzene rings is 2. The standard InChI is InChI=1S/C16H15ClN2O3/c1-10-12(17)3-2-4-13(10)19-16(20)18-11-5-6-14-15(9-11)22-8-7-21-14/h2-6,9H,7-8H2,1H3,(H2,18,19,20). The van der Waals surface area contributed by atoms with Gasteiger partial charge in [0.1, 0.15) is 13.2 Å². The van der Waals surface area contributed by atoms with Gasteiger partial charge in [0.2, 0.25) is 0 Å². The summed E-state index contributed by atoms with van der Waals surface area (Å²) in [6.07, 6.45) is 0. The SMILES string of the molecule is Cc1c(Cl)cccc1NC(=O)Nc1ccc2c(c1)OCCO2. The number of hydrogen-bond donors (Lipinski definition) is 2. The molecule has 0 unspecified atom stereocenters. The van der Waals surface area contributed by atoms with Crippen LogP contribution in [0.1, 0.15) is 5.56 Å². The van der Waals surface area contributed by atoms with Crippen LogP contribution in [-0.4, -0.2) is 19.2 Å². The molecule has 22 heavy (non-hydrogen) atoms. The zero-order valence-corrected chi connectivity index (χ0v) is 12.7. The fourth-order valence-corrected chi connectivity index (χ4v) is 2.32. The first-order valence-corrected chi connectivity index (χ1v) is 7.24. The number of fused-ring (bicyclic) bond motifs is 1. The summed E-state index contributed by atoms with van der Waals surface area (Å²) in [6, 6.07) is 10.3. The summed E-state index contributed by atoms with van der Waals surface area (Å²) in [4.78, 5) is 12.1. The van der Waals surface area contributed by atoms with E-state index in [9.17, 15) is 4.79 Å². The van der Waals surface area contributed by atoms with E-state index >= 15 is 0 Å². The van der Waals surface area contributed by atoms with Crippen LogP contribution in [0.5, 0.6) is 11.5 Å². The van der Waals surface area contributed by atoms with Gasteiger partial charge in [-0.05, 0) is 36.8 Å². The van der Waals surface area contributed by atoms with Crippen molar-refractivity contribution in [1.82, 2.24) is 0 Å². The van der Waals surface area contributed by atoms with Gasteiger partial charge in [0.25, 0.3) is 0 Å². The average molecular weight is 319 g/mol. The van der Waals surface area contributed by atoms with Gasteiger partial charge < -0.3 is 20.1 Å². The quantitative estimate of drug-likeness (QED) is 0.877. The van der Waals surface area contributed by atoms with Gasteiger partial charge in [-0.1, -0.05) is 17.7 Å². The van der Waals surface area contributed by atoms with E-state index in [-0.39, 0.29) is 6.03 Å². The second kappa shape index (κ2) is 6.15. The van der Waals surface area contributed by atoms with Crippen molar-refractivity contribution in [3.8, 4) is 11.5 Å². The number of urea groups is 1. The van der Waals surface area contributed by atoms with E-state index in [1.54, 1.807) is 36.4 Å². The second-order valence-corrected chi connectivity index (χ2v) is 5.26. The van der Waals surface area contributed by atoms with Gasteiger partial charge in [0.05, 0.1) is 0 Å². The maximum Gasteiger partial charge on any atom is 0.323 e. The lowest BCUT2D eigenvalue weighted by atomic mass is 10.2. The molecule has 2 aromatic rings. The fourth-order valence-electron chi connectivity index (χ4n) is 2.15. The maximum absolute atomic E-state index is 12.1. The molecule has 114 valence electrons. The Bertz CT molecular complexity index is 719. The second-order valence-electron chi connectivity index (χ2n) is 4.85. The van der Waals surface area contributed by atoms with Gasteiger partial charge in [-0.2, -0.15) is 0 Å². The highest BCUT2D eigenvalue weighted by Gasteiger charge is 2.13. The van der Waals surface area contributed by atoms with Crippen molar-refractivity contribution in [2.24, 2.45) is 0 Å². The third kappa shape index (κ3) is 3.09. The van der Waals surface area contributed by atoms with Crippen molar-refractivity contribution in [3.63, 3.8) is 0 Å². The summed E-state index contributed by atoms with van der Waals surface area (Å²) < 4.78 is 10.9. The van der Waals surface area contributed by atoms with Crippen LogP contribution in [0, 0.1) is 6.92 Å². The molecular formula is C16H15ClN2O3. The topological polar surface area (TPSA) is 59.6 Å². The monoisotopic (exact) mass is 318 g/mol. The van der Waals surface area contributed by atoms with E-state index in [1.165, 1.54) is 0 Å². The molecule has 2 aromatic carbocycles. The molecule has 0 aromatic heterocycles. The van der Waals surface area contributed by atoms with Crippen LogP contribution in [0.15, 0.2) is 36.4 Å². The Balaban J connectivity index is 1.70. The van der Waals surface area contributed by atoms with Gasteiger partial charge >= 0.3 is 6.03 Å². The average Bonchev–Trinajstić information content (AvgIpc) is 2.52. The molecule has 0 fully saturated rings. The molecule has 3 rings (SSSR count). The lowest BCUT2D eigenvalue weighted by Crippen LogP contribution is -2.20. The van der Waals surface area contributed by atoms with Gasteiger partial charge in [0, 0.05) is 22.5 Å². The zero-order chi connectivity index (χ0) is 15.5. The number of anilines is 2. The normalized spacial score (nSPS) is 12.6. The van der Waals surface area contributed by atoms with Crippen LogP contribution in [0.3, 0.4) is 0 Å². The van der Waals surface area contributed by atoms with Gasteiger partial charge in [-0.3, -0.25) is 0 Å². The van der Waals surface area contributed by atoms with Crippen LogP contribution in [0.2, 0.25) is 5.02 Å². The molecule has 2 amide bonds. The Morgan fingerprint density at radius 1 is 1.09 bits per heavy atom. The summed E-state index contributed by atoms with van der Waals surface area (Å²) in [7, 11) is 0. The van der Waals surface area contributed by atoms with E-state index in [0.717, 1.165) is 5.56 Å². The van der Waals surface area contributed by atoms with E-state index in [0.29, 0.717) is 41.1 Å². The van der Waals surface area contributed by atoms with Gasteiger partial charge in [0.15, 0.2) is 11.5 Å². The van der Waals surface area contributed by atoms with E-state index < -0.39 is 0 Å². The largest absolute Gasteiger partial charge is 0.486 e. The molecule has 1 aliphatic rings. The van der Waals surface area contributed by atoms with Crippen molar-refractivity contribution in [2.75, 3.05) is 23.8 Å². The molecule has 0 aliphatic carbocycles. The smallest absolute Gasteiger partial charge is 0.323 e. The first-order chi connectivity index (χ1) is 10.6. The maximum atomic E-state index is 12.1. The highest BCUT2D eigenvalue weighted by molar-refractivity contribution is 6.31. The fraction of sp³-hybridized carbons (Fsp3) is 0.188. The molecule has 1 heterocycles. The van der Waals surface area contributed by atoms with Gasteiger partial charge in [-0.15, -0.1) is 0 Å². The van der Waals surface area contributed by atoms with Crippen LogP contribution < -0.4 is 20.1 Å². The molecule has 5 nitrogen and oxygen atoms in total. The Morgan fingerprint density at radius 3 is 2.68 bits per heavy atom. The van der Waals surface area contributed by atoms with E-state index in [4.69, 9.17) is 21.1 Å².